The molecule has 1 atom stereocenters. The molecule has 1 N–H and O–H groups in total. The number of carbonyl (C=O) groups is 1. The molecule has 0 aromatic heterocycles. The molecule has 0 bridgehead atoms. The van der Waals surface area contributed by atoms with Gasteiger partial charge < -0.3 is 5.32 Å². The van der Waals surface area contributed by atoms with E-state index in [-0.39, 0.29) is 5.91 Å². The van der Waals surface area contributed by atoms with Gasteiger partial charge in [0.05, 0.1) is 6.07 Å². The van der Waals surface area contributed by atoms with Crippen molar-refractivity contribution in [2.75, 3.05) is 0 Å². The molecular weight excluding hydrogens is 244 g/mol. The Balaban J connectivity index is 2.85. The lowest BCUT2D eigenvalue weighted by atomic mass is 10.1. The second-order valence-electron chi connectivity index (χ2n) is 2.81. The average molecular weight is 253 g/mol. The van der Waals surface area contributed by atoms with Gasteiger partial charge in [0.15, 0.2) is 0 Å². The molecule has 0 heterocycles. The minimum atomic E-state index is -0.569. The molecule has 0 spiro atoms. The third-order valence-electron chi connectivity index (χ3n) is 1.68. The van der Waals surface area contributed by atoms with Crippen LogP contribution in [0.15, 0.2) is 28.7 Å². The van der Waals surface area contributed by atoms with Gasteiger partial charge in [-0.2, -0.15) is 5.26 Å². The highest BCUT2D eigenvalue weighted by molar-refractivity contribution is 9.10. The zero-order valence-corrected chi connectivity index (χ0v) is 9.21. The first-order valence-electron chi connectivity index (χ1n) is 4.05. The van der Waals surface area contributed by atoms with E-state index in [1.807, 2.05) is 18.2 Å². The molecule has 14 heavy (non-hydrogen) atoms. The molecule has 0 saturated heterocycles. The molecule has 1 rings (SSSR count). The van der Waals surface area contributed by atoms with E-state index in [1.165, 1.54) is 6.92 Å². The predicted molar refractivity (Wildman–Crippen MR) is 56.3 cm³/mol. The molecule has 1 unspecified atom stereocenters. The Bertz CT molecular complexity index is 367. The number of benzene rings is 1. The summed E-state index contributed by atoms with van der Waals surface area (Å²) in [5.41, 5.74) is 0.783. The van der Waals surface area contributed by atoms with Crippen molar-refractivity contribution >= 4 is 21.8 Å². The van der Waals surface area contributed by atoms with Gasteiger partial charge in [0, 0.05) is 11.4 Å². The fourth-order valence-corrected chi connectivity index (χ4v) is 1.31. The number of hydrogen-bond acceptors (Lipinski definition) is 2. The van der Waals surface area contributed by atoms with E-state index in [0.717, 1.165) is 10.0 Å². The van der Waals surface area contributed by atoms with Gasteiger partial charge in [-0.05, 0) is 17.7 Å². The normalized spacial score (nSPS) is 11.5. The van der Waals surface area contributed by atoms with Crippen LogP contribution >= 0.6 is 15.9 Å². The highest BCUT2D eigenvalue weighted by Crippen LogP contribution is 2.16. The lowest BCUT2D eigenvalue weighted by molar-refractivity contribution is -0.119. The molecule has 0 fully saturated rings. The molecule has 0 aliphatic carbocycles. The van der Waals surface area contributed by atoms with Crippen LogP contribution in [-0.2, 0) is 4.79 Å². The minimum absolute atomic E-state index is 0.209. The van der Waals surface area contributed by atoms with Crippen LogP contribution in [0.1, 0.15) is 18.5 Å². The van der Waals surface area contributed by atoms with Crippen molar-refractivity contribution in [3.05, 3.63) is 34.3 Å². The summed E-state index contributed by atoms with van der Waals surface area (Å²) >= 11 is 3.30. The maximum absolute atomic E-state index is 10.8. The van der Waals surface area contributed by atoms with Crippen LogP contribution in [0.3, 0.4) is 0 Å². The van der Waals surface area contributed by atoms with E-state index in [1.54, 1.807) is 12.1 Å². The lowest BCUT2D eigenvalue weighted by Crippen LogP contribution is -2.24. The Kier molecular flexibility index (Phi) is 3.66. The highest BCUT2D eigenvalue weighted by atomic mass is 79.9. The summed E-state index contributed by atoms with van der Waals surface area (Å²) in [7, 11) is 0. The van der Waals surface area contributed by atoms with E-state index in [4.69, 9.17) is 5.26 Å². The largest absolute Gasteiger partial charge is 0.337 e. The van der Waals surface area contributed by atoms with Crippen molar-refractivity contribution in [2.24, 2.45) is 0 Å². The van der Waals surface area contributed by atoms with Gasteiger partial charge in [0.2, 0.25) is 5.91 Å². The average Bonchev–Trinajstić information content (AvgIpc) is 2.15. The van der Waals surface area contributed by atoms with Crippen LogP contribution in [-0.4, -0.2) is 5.91 Å². The Labute approximate surface area is 90.9 Å². The Hall–Kier alpha value is -1.34. The standard InChI is InChI=1S/C10H9BrN2O/c1-7(14)13-10(6-12)8-2-4-9(11)5-3-8/h2-5,10H,1H3,(H,13,14). The van der Waals surface area contributed by atoms with Crippen molar-refractivity contribution < 1.29 is 4.79 Å². The van der Waals surface area contributed by atoms with Crippen LogP contribution in [0, 0.1) is 11.3 Å². The van der Waals surface area contributed by atoms with Crippen LogP contribution < -0.4 is 5.32 Å². The second-order valence-corrected chi connectivity index (χ2v) is 3.73. The minimum Gasteiger partial charge on any atom is -0.337 e. The van der Waals surface area contributed by atoms with E-state index in [2.05, 4.69) is 21.2 Å². The predicted octanol–water partition coefficient (Wildman–Crippen LogP) is 2.15. The van der Waals surface area contributed by atoms with Crippen molar-refractivity contribution in [1.29, 1.82) is 5.26 Å². The molecule has 3 nitrogen and oxygen atoms in total. The molecule has 1 aromatic carbocycles. The van der Waals surface area contributed by atoms with Crippen molar-refractivity contribution in [2.45, 2.75) is 13.0 Å². The Morgan fingerprint density at radius 2 is 2.07 bits per heavy atom. The highest BCUT2D eigenvalue weighted by Gasteiger charge is 2.10. The maximum atomic E-state index is 10.8. The molecule has 0 aliphatic heterocycles. The third-order valence-corrected chi connectivity index (χ3v) is 2.21. The summed E-state index contributed by atoms with van der Waals surface area (Å²) in [5.74, 6) is -0.209. The number of nitrogens with one attached hydrogen (secondary N) is 1. The number of nitriles is 1. The first-order chi connectivity index (χ1) is 6.63. The maximum Gasteiger partial charge on any atom is 0.218 e. The van der Waals surface area contributed by atoms with E-state index >= 15 is 0 Å². The van der Waals surface area contributed by atoms with Gasteiger partial charge in [-0.25, -0.2) is 0 Å². The van der Waals surface area contributed by atoms with E-state index < -0.39 is 6.04 Å². The molecule has 0 aliphatic rings. The molecule has 4 heteroatoms. The molecule has 1 aromatic rings. The summed E-state index contributed by atoms with van der Waals surface area (Å²) < 4.78 is 0.945. The summed E-state index contributed by atoms with van der Waals surface area (Å²) in [5, 5.41) is 11.4. The van der Waals surface area contributed by atoms with Crippen molar-refractivity contribution in [3.8, 4) is 6.07 Å². The lowest BCUT2D eigenvalue weighted by Gasteiger charge is -2.09. The fourth-order valence-electron chi connectivity index (χ4n) is 1.05. The topological polar surface area (TPSA) is 52.9 Å². The summed E-state index contributed by atoms with van der Waals surface area (Å²) in [4.78, 5) is 10.8. The first kappa shape index (κ1) is 10.7. The number of nitrogens with zero attached hydrogens (tertiary/aromatic N) is 1. The molecular formula is C10H9BrN2O. The third kappa shape index (κ3) is 2.86. The van der Waals surface area contributed by atoms with Crippen LogP contribution in [0.5, 0.6) is 0 Å². The first-order valence-corrected chi connectivity index (χ1v) is 4.85. The van der Waals surface area contributed by atoms with Gasteiger partial charge in [-0.15, -0.1) is 0 Å². The Morgan fingerprint density at radius 1 is 1.50 bits per heavy atom. The van der Waals surface area contributed by atoms with Crippen molar-refractivity contribution in [1.82, 2.24) is 5.32 Å². The zero-order chi connectivity index (χ0) is 10.6. The summed E-state index contributed by atoms with van der Waals surface area (Å²) in [6.07, 6.45) is 0. The molecule has 0 radical (unpaired) electrons. The zero-order valence-electron chi connectivity index (χ0n) is 7.62. The van der Waals surface area contributed by atoms with Gasteiger partial charge in [-0.1, -0.05) is 28.1 Å². The van der Waals surface area contributed by atoms with Crippen LogP contribution in [0.25, 0.3) is 0 Å². The van der Waals surface area contributed by atoms with Crippen LogP contribution in [0.4, 0.5) is 0 Å². The SMILES string of the molecule is CC(=O)NC(C#N)c1ccc(Br)cc1. The molecule has 0 saturated carbocycles. The van der Waals surface area contributed by atoms with Gasteiger partial charge >= 0.3 is 0 Å². The number of rotatable bonds is 2. The second kappa shape index (κ2) is 4.77. The number of carbonyl (C=O) groups excluding carboxylic acids is 1. The number of amides is 1. The van der Waals surface area contributed by atoms with E-state index in [9.17, 15) is 4.79 Å². The number of halogens is 1. The summed E-state index contributed by atoms with van der Waals surface area (Å²) in [6, 6.07) is 8.72. The van der Waals surface area contributed by atoms with Crippen molar-refractivity contribution in [3.63, 3.8) is 0 Å². The summed E-state index contributed by atoms with van der Waals surface area (Å²) in [6.45, 7) is 1.39. The van der Waals surface area contributed by atoms with Gasteiger partial charge in [-0.3, -0.25) is 4.79 Å². The molecule has 1 amide bonds. The van der Waals surface area contributed by atoms with Crippen LogP contribution in [0.2, 0.25) is 0 Å². The van der Waals surface area contributed by atoms with E-state index in [0.29, 0.717) is 0 Å². The smallest absolute Gasteiger partial charge is 0.218 e. The van der Waals surface area contributed by atoms with Gasteiger partial charge in [0.1, 0.15) is 6.04 Å². The molecule has 72 valence electrons. The Morgan fingerprint density at radius 3 is 2.50 bits per heavy atom. The number of hydrogen-bond donors (Lipinski definition) is 1. The van der Waals surface area contributed by atoms with Gasteiger partial charge in [0.25, 0.3) is 0 Å². The fraction of sp³-hybridized carbons (Fsp3) is 0.200. The monoisotopic (exact) mass is 252 g/mol. The quantitative estimate of drug-likeness (QED) is 0.877.